The van der Waals surface area contributed by atoms with E-state index in [1.54, 1.807) is 6.92 Å². The van der Waals surface area contributed by atoms with Crippen LogP contribution in [0.5, 0.6) is 0 Å². The molecule has 0 bridgehead atoms. The highest BCUT2D eigenvalue weighted by Gasteiger charge is 2.24. The minimum absolute atomic E-state index is 0.311. The highest BCUT2D eigenvalue weighted by atomic mass is 32.2. The first kappa shape index (κ1) is 16.4. The second-order valence-electron chi connectivity index (χ2n) is 4.33. The number of hydrogen-bond acceptors (Lipinski definition) is 6. The van der Waals surface area contributed by atoms with Crippen molar-refractivity contribution in [2.45, 2.75) is 11.1 Å². The Balaban J connectivity index is 2.62. The first-order valence-corrected chi connectivity index (χ1v) is 8.76. The summed E-state index contributed by atoms with van der Waals surface area (Å²) in [5.41, 5.74) is 3.02. The molecule has 0 amide bonds. The molecule has 0 atom stereocenters. The molecule has 6 heteroatoms. The number of rotatable bonds is 5. The van der Waals surface area contributed by atoms with Crippen LogP contribution in [0.15, 0.2) is 28.5 Å². The number of benzene rings is 1. The average molecular weight is 332 g/mol. The normalized spacial score (nSPS) is 10.1. The molecule has 0 spiro atoms. The summed E-state index contributed by atoms with van der Waals surface area (Å²) >= 11 is 2.78. The third-order valence-corrected chi connectivity index (χ3v) is 5.39. The number of thioether (sulfide) groups is 1. The lowest BCUT2D eigenvalue weighted by Crippen LogP contribution is -2.04. The van der Waals surface area contributed by atoms with Crippen LogP contribution >= 0.6 is 23.1 Å². The van der Waals surface area contributed by atoms with Gasteiger partial charge in [-0.15, -0.1) is 23.1 Å². The van der Waals surface area contributed by atoms with Crippen LogP contribution in [-0.2, 0) is 4.74 Å². The lowest BCUT2D eigenvalue weighted by molar-refractivity contribution is 0.0533. The van der Waals surface area contributed by atoms with Crippen LogP contribution in [0.25, 0.3) is 11.1 Å². The first-order valence-electron chi connectivity index (χ1n) is 6.72. The van der Waals surface area contributed by atoms with E-state index in [9.17, 15) is 10.1 Å². The van der Waals surface area contributed by atoms with Crippen LogP contribution < -0.4 is 5.32 Å². The number of nitriles is 1. The lowest BCUT2D eigenvalue weighted by Gasteiger charge is -2.06. The third-order valence-electron chi connectivity index (χ3n) is 3.10. The molecule has 2 rings (SSSR count). The maximum atomic E-state index is 12.2. The number of nitrogens with one attached hydrogen (secondary N) is 1. The van der Waals surface area contributed by atoms with Gasteiger partial charge in [-0.1, -0.05) is 12.1 Å². The smallest absolute Gasteiger partial charge is 0.349 e. The van der Waals surface area contributed by atoms with Crippen LogP contribution in [0.1, 0.15) is 22.2 Å². The van der Waals surface area contributed by atoms with E-state index in [0.717, 1.165) is 15.5 Å². The molecule has 1 N–H and O–H groups in total. The quantitative estimate of drug-likeness (QED) is 0.656. The van der Waals surface area contributed by atoms with Crippen molar-refractivity contribution in [3.05, 3.63) is 34.7 Å². The summed E-state index contributed by atoms with van der Waals surface area (Å²) in [5, 5.41) is 12.5. The Hall–Kier alpha value is -1.97. The van der Waals surface area contributed by atoms with E-state index in [-0.39, 0.29) is 5.97 Å². The number of nitrogens with zero attached hydrogens (tertiary/aromatic N) is 1. The number of anilines is 1. The zero-order chi connectivity index (χ0) is 16.1. The molecule has 1 heterocycles. The molecule has 4 nitrogen and oxygen atoms in total. The van der Waals surface area contributed by atoms with Crippen molar-refractivity contribution in [3.8, 4) is 17.2 Å². The van der Waals surface area contributed by atoms with E-state index < -0.39 is 0 Å². The summed E-state index contributed by atoms with van der Waals surface area (Å²) in [6.07, 6.45) is 1.90. The Bertz CT molecular complexity index is 715. The number of carbonyl (C=O) groups excluding carboxylic acids is 1. The van der Waals surface area contributed by atoms with Crippen LogP contribution in [0.2, 0.25) is 0 Å². The summed E-state index contributed by atoms with van der Waals surface area (Å²) in [4.78, 5) is 12.7. The van der Waals surface area contributed by atoms with Gasteiger partial charge in [0.1, 0.15) is 10.9 Å². The molecule has 114 valence electrons. The van der Waals surface area contributed by atoms with E-state index in [1.165, 1.54) is 23.1 Å². The Morgan fingerprint density at radius 3 is 2.59 bits per heavy atom. The summed E-state index contributed by atoms with van der Waals surface area (Å²) in [6.45, 7) is 2.08. The Labute approximate surface area is 138 Å². The van der Waals surface area contributed by atoms with Gasteiger partial charge in [-0.2, -0.15) is 5.26 Å². The summed E-state index contributed by atoms with van der Waals surface area (Å²) in [6, 6.07) is 9.87. The van der Waals surface area contributed by atoms with Crippen molar-refractivity contribution >= 4 is 34.8 Å². The van der Waals surface area contributed by atoms with Gasteiger partial charge in [0, 0.05) is 18.3 Å². The van der Waals surface area contributed by atoms with Crippen molar-refractivity contribution < 1.29 is 9.53 Å². The molecule has 0 aliphatic heterocycles. The van der Waals surface area contributed by atoms with E-state index in [1.807, 2.05) is 37.6 Å². The zero-order valence-corrected chi connectivity index (χ0v) is 14.2. The highest BCUT2D eigenvalue weighted by molar-refractivity contribution is 8.00. The molecule has 0 saturated heterocycles. The summed E-state index contributed by atoms with van der Waals surface area (Å²) in [7, 11) is 1.84. The standard InChI is InChI=1S/C16H16N2O2S2/c1-4-20-15(19)14-13(12(9-17)16(21-3)22-14)10-5-7-11(18-2)8-6-10/h5-8,18H,4H2,1-3H3. The number of esters is 1. The summed E-state index contributed by atoms with van der Waals surface area (Å²) < 4.78 is 5.96. The Morgan fingerprint density at radius 2 is 2.09 bits per heavy atom. The fourth-order valence-electron chi connectivity index (χ4n) is 2.07. The van der Waals surface area contributed by atoms with Gasteiger partial charge >= 0.3 is 5.97 Å². The first-order chi connectivity index (χ1) is 10.7. The molecule has 0 fully saturated rings. The number of carbonyl (C=O) groups is 1. The van der Waals surface area contributed by atoms with E-state index in [4.69, 9.17) is 4.74 Å². The maximum absolute atomic E-state index is 12.2. The van der Waals surface area contributed by atoms with E-state index >= 15 is 0 Å². The second-order valence-corrected chi connectivity index (χ2v) is 6.43. The van der Waals surface area contributed by atoms with Gasteiger partial charge in [0.25, 0.3) is 0 Å². The summed E-state index contributed by atoms with van der Waals surface area (Å²) in [5.74, 6) is -0.378. The molecule has 22 heavy (non-hydrogen) atoms. The van der Waals surface area contributed by atoms with Gasteiger partial charge in [-0.3, -0.25) is 0 Å². The molecule has 0 radical (unpaired) electrons. The van der Waals surface area contributed by atoms with Gasteiger partial charge in [0.15, 0.2) is 0 Å². The molecular formula is C16H16N2O2S2. The molecule has 0 aliphatic carbocycles. The molecule has 1 aromatic heterocycles. The zero-order valence-electron chi connectivity index (χ0n) is 12.6. The maximum Gasteiger partial charge on any atom is 0.349 e. The van der Waals surface area contributed by atoms with Crippen LogP contribution in [0.3, 0.4) is 0 Å². The highest BCUT2D eigenvalue weighted by Crippen LogP contribution is 2.41. The number of ether oxygens (including phenoxy) is 1. The van der Waals surface area contributed by atoms with Crippen molar-refractivity contribution in [2.24, 2.45) is 0 Å². The van der Waals surface area contributed by atoms with Crippen molar-refractivity contribution in [1.82, 2.24) is 0 Å². The van der Waals surface area contributed by atoms with Gasteiger partial charge < -0.3 is 10.1 Å². The molecule has 2 aromatic rings. The van der Waals surface area contributed by atoms with Crippen molar-refractivity contribution in [3.63, 3.8) is 0 Å². The SMILES string of the molecule is CCOC(=O)c1sc(SC)c(C#N)c1-c1ccc(NC)cc1. The molecule has 0 aliphatic rings. The predicted octanol–water partition coefficient (Wildman–Crippen LogP) is 4.23. The van der Waals surface area contributed by atoms with Crippen molar-refractivity contribution in [1.29, 1.82) is 5.26 Å². The minimum Gasteiger partial charge on any atom is -0.462 e. The topological polar surface area (TPSA) is 62.1 Å². The lowest BCUT2D eigenvalue weighted by atomic mass is 10.0. The van der Waals surface area contributed by atoms with Crippen LogP contribution in [0.4, 0.5) is 5.69 Å². The number of thiophene rings is 1. The molecular weight excluding hydrogens is 316 g/mol. The van der Waals surface area contributed by atoms with Crippen LogP contribution in [-0.4, -0.2) is 25.9 Å². The second kappa shape index (κ2) is 7.34. The van der Waals surface area contributed by atoms with E-state index in [2.05, 4.69) is 11.4 Å². The minimum atomic E-state index is -0.378. The van der Waals surface area contributed by atoms with E-state index in [0.29, 0.717) is 22.6 Å². The largest absolute Gasteiger partial charge is 0.462 e. The van der Waals surface area contributed by atoms with Gasteiger partial charge in [0.2, 0.25) is 0 Å². The third kappa shape index (κ3) is 3.11. The molecule has 1 aromatic carbocycles. The monoisotopic (exact) mass is 332 g/mol. The fourth-order valence-corrected chi connectivity index (χ4v) is 3.91. The van der Waals surface area contributed by atoms with Gasteiger partial charge in [-0.25, -0.2) is 4.79 Å². The van der Waals surface area contributed by atoms with Gasteiger partial charge in [0.05, 0.1) is 16.4 Å². The molecule has 0 unspecified atom stereocenters. The Morgan fingerprint density at radius 1 is 1.41 bits per heavy atom. The Kier molecular flexibility index (Phi) is 5.47. The molecule has 0 saturated carbocycles. The van der Waals surface area contributed by atoms with Crippen molar-refractivity contribution in [2.75, 3.05) is 25.2 Å². The number of hydrogen-bond donors (Lipinski definition) is 1. The van der Waals surface area contributed by atoms with Gasteiger partial charge in [-0.05, 0) is 30.9 Å². The fraction of sp³-hybridized carbons (Fsp3) is 0.250. The average Bonchev–Trinajstić information content (AvgIpc) is 2.93. The predicted molar refractivity (Wildman–Crippen MR) is 91.8 cm³/mol. The van der Waals surface area contributed by atoms with Crippen LogP contribution in [0, 0.1) is 11.3 Å².